The maximum Gasteiger partial charge on any atom is 0.269 e. The number of anilines is 1. The molecule has 7 heteroatoms. The lowest BCUT2D eigenvalue weighted by Crippen LogP contribution is -2.44. The van der Waals surface area contributed by atoms with Gasteiger partial charge in [-0.15, -0.1) is 0 Å². The van der Waals surface area contributed by atoms with Crippen molar-refractivity contribution in [3.05, 3.63) is 80.9 Å². The molecule has 3 aliphatic rings. The van der Waals surface area contributed by atoms with E-state index >= 15 is 0 Å². The second-order valence-electron chi connectivity index (χ2n) is 7.86. The first-order valence-electron chi connectivity index (χ1n) is 9.74. The Hall–Kier alpha value is -3.19. The molecular weight excluding hydrogens is 370 g/mol. The molecule has 0 fully saturated rings. The van der Waals surface area contributed by atoms with Gasteiger partial charge in [-0.25, -0.2) is 5.06 Å². The van der Waals surface area contributed by atoms with Crippen LogP contribution in [0.3, 0.4) is 0 Å². The Morgan fingerprint density at radius 2 is 2.03 bits per heavy atom. The Kier molecular flexibility index (Phi) is 4.13. The Bertz CT molecular complexity index is 1030. The van der Waals surface area contributed by atoms with Gasteiger partial charge in [0, 0.05) is 42.6 Å². The van der Waals surface area contributed by atoms with Crippen LogP contribution in [0.5, 0.6) is 0 Å². The SMILES string of the molecule is CC(=O)N1CC2=C(CO1)C[C@H]1c3cc([N+](=O)[O-])ccc3N[C@H]1C2c1ccccc1. The van der Waals surface area contributed by atoms with Gasteiger partial charge in [0.05, 0.1) is 18.1 Å². The summed E-state index contributed by atoms with van der Waals surface area (Å²) in [6, 6.07) is 15.4. The summed E-state index contributed by atoms with van der Waals surface area (Å²) in [6.45, 7) is 2.34. The molecule has 0 aromatic heterocycles. The van der Waals surface area contributed by atoms with Gasteiger partial charge in [0.2, 0.25) is 5.91 Å². The largest absolute Gasteiger partial charge is 0.380 e. The molecule has 5 rings (SSSR count). The molecule has 1 unspecified atom stereocenters. The highest BCUT2D eigenvalue weighted by atomic mass is 16.7. The van der Waals surface area contributed by atoms with E-state index in [0.29, 0.717) is 13.2 Å². The average Bonchev–Trinajstić information content (AvgIpc) is 3.09. The fourth-order valence-electron chi connectivity index (χ4n) is 4.95. The molecule has 2 heterocycles. The first-order valence-corrected chi connectivity index (χ1v) is 9.74. The lowest BCUT2D eigenvalue weighted by Gasteiger charge is -2.42. The second-order valence-corrected chi connectivity index (χ2v) is 7.86. The van der Waals surface area contributed by atoms with E-state index in [-0.39, 0.29) is 34.4 Å². The second kappa shape index (κ2) is 6.70. The fraction of sp³-hybridized carbons (Fsp3) is 0.318. The minimum Gasteiger partial charge on any atom is -0.380 e. The number of non-ortho nitro benzene ring substituents is 1. The van der Waals surface area contributed by atoms with E-state index in [1.807, 2.05) is 24.3 Å². The minimum atomic E-state index is -0.343. The van der Waals surface area contributed by atoms with E-state index < -0.39 is 0 Å². The van der Waals surface area contributed by atoms with Gasteiger partial charge in [-0.1, -0.05) is 30.3 Å². The molecule has 29 heavy (non-hydrogen) atoms. The van der Waals surface area contributed by atoms with Crippen molar-refractivity contribution in [2.75, 3.05) is 18.5 Å². The van der Waals surface area contributed by atoms with Crippen LogP contribution >= 0.6 is 0 Å². The van der Waals surface area contributed by atoms with Crippen LogP contribution in [0.25, 0.3) is 0 Å². The minimum absolute atomic E-state index is 0.0714. The smallest absolute Gasteiger partial charge is 0.269 e. The van der Waals surface area contributed by atoms with E-state index in [4.69, 9.17) is 4.84 Å². The average molecular weight is 391 g/mol. The third-order valence-corrected chi connectivity index (χ3v) is 6.27. The highest BCUT2D eigenvalue weighted by Gasteiger charge is 2.46. The lowest BCUT2D eigenvalue weighted by atomic mass is 9.69. The zero-order valence-corrected chi connectivity index (χ0v) is 16.0. The Morgan fingerprint density at radius 1 is 1.24 bits per heavy atom. The molecule has 148 valence electrons. The lowest BCUT2D eigenvalue weighted by molar-refractivity contribution is -0.384. The number of benzene rings is 2. The number of nitro groups is 1. The Balaban J connectivity index is 1.61. The molecule has 1 amide bonds. The van der Waals surface area contributed by atoms with Gasteiger partial charge in [0.15, 0.2) is 0 Å². The van der Waals surface area contributed by atoms with Crippen molar-refractivity contribution in [3.63, 3.8) is 0 Å². The number of rotatable bonds is 2. The topological polar surface area (TPSA) is 84.7 Å². The first kappa shape index (κ1) is 17.9. The summed E-state index contributed by atoms with van der Waals surface area (Å²) in [5.74, 6) is 0.0901. The number of nitrogens with zero attached hydrogens (tertiary/aromatic N) is 2. The summed E-state index contributed by atoms with van der Waals surface area (Å²) in [5.41, 5.74) is 5.65. The number of nitro benzene ring substituents is 1. The van der Waals surface area contributed by atoms with Crippen molar-refractivity contribution in [1.82, 2.24) is 5.06 Å². The van der Waals surface area contributed by atoms with E-state index in [1.54, 1.807) is 12.1 Å². The zero-order chi connectivity index (χ0) is 20.1. The third kappa shape index (κ3) is 2.89. The quantitative estimate of drug-likeness (QED) is 0.479. The maximum absolute atomic E-state index is 11.9. The van der Waals surface area contributed by atoms with Gasteiger partial charge in [0.25, 0.3) is 5.69 Å². The number of fused-ring (bicyclic) bond motifs is 3. The molecule has 0 saturated carbocycles. The number of carbonyl (C=O) groups is 1. The summed E-state index contributed by atoms with van der Waals surface area (Å²) in [5, 5.41) is 16.4. The van der Waals surface area contributed by atoms with Crippen molar-refractivity contribution >= 4 is 17.3 Å². The molecular formula is C22H21N3O4. The van der Waals surface area contributed by atoms with Crippen molar-refractivity contribution in [1.29, 1.82) is 0 Å². The van der Waals surface area contributed by atoms with Gasteiger partial charge in [-0.2, -0.15) is 0 Å². The van der Waals surface area contributed by atoms with Crippen LogP contribution in [0.1, 0.15) is 36.3 Å². The molecule has 2 aromatic rings. The molecule has 7 nitrogen and oxygen atoms in total. The number of hydrogen-bond acceptors (Lipinski definition) is 5. The van der Waals surface area contributed by atoms with Crippen molar-refractivity contribution in [3.8, 4) is 0 Å². The van der Waals surface area contributed by atoms with Crippen molar-refractivity contribution in [2.24, 2.45) is 0 Å². The van der Waals surface area contributed by atoms with E-state index in [0.717, 1.165) is 17.7 Å². The molecule has 1 aliphatic carbocycles. The molecule has 2 aromatic carbocycles. The van der Waals surface area contributed by atoms with E-state index in [9.17, 15) is 14.9 Å². The zero-order valence-electron chi connectivity index (χ0n) is 16.0. The van der Waals surface area contributed by atoms with Gasteiger partial charge >= 0.3 is 0 Å². The standard InChI is InChI=1S/C22H21N3O4/c1-13(26)24-11-19-15(12-29-24)9-18-17-10-16(25(27)28)7-8-20(17)23-22(18)21(19)14-5-3-2-4-6-14/h2-8,10,18,21-23H,9,11-12H2,1H3/t18-,21?,22+/m0/s1. The Labute approximate surface area is 168 Å². The van der Waals surface area contributed by atoms with Crippen LogP contribution in [0, 0.1) is 10.1 Å². The number of amides is 1. The molecule has 3 atom stereocenters. The molecule has 1 N–H and O–H groups in total. The van der Waals surface area contributed by atoms with Gasteiger partial charge < -0.3 is 5.32 Å². The van der Waals surface area contributed by atoms with Gasteiger partial charge in [-0.05, 0) is 34.8 Å². The fourth-order valence-corrected chi connectivity index (χ4v) is 4.95. The predicted octanol–water partition coefficient (Wildman–Crippen LogP) is 3.75. The number of hydroxylamine groups is 2. The first-order chi connectivity index (χ1) is 14.0. The summed E-state index contributed by atoms with van der Waals surface area (Å²) in [7, 11) is 0. The highest BCUT2D eigenvalue weighted by Crippen LogP contribution is 2.52. The van der Waals surface area contributed by atoms with Crippen LogP contribution in [-0.2, 0) is 9.63 Å². The van der Waals surface area contributed by atoms with Crippen LogP contribution < -0.4 is 5.32 Å². The molecule has 0 bridgehead atoms. The van der Waals surface area contributed by atoms with Crippen LogP contribution in [-0.4, -0.2) is 35.1 Å². The maximum atomic E-state index is 11.9. The van der Waals surface area contributed by atoms with Crippen LogP contribution in [0.2, 0.25) is 0 Å². The molecule has 2 aliphatic heterocycles. The predicted molar refractivity (Wildman–Crippen MR) is 107 cm³/mol. The van der Waals surface area contributed by atoms with E-state index in [1.165, 1.54) is 28.7 Å². The van der Waals surface area contributed by atoms with Gasteiger partial charge in [0.1, 0.15) is 0 Å². The summed E-state index contributed by atoms with van der Waals surface area (Å²) in [6.07, 6.45) is 0.774. The normalized spacial score (nSPS) is 25.0. The van der Waals surface area contributed by atoms with Crippen molar-refractivity contribution in [2.45, 2.75) is 31.2 Å². The molecule has 0 spiro atoms. The monoisotopic (exact) mass is 391 g/mol. The third-order valence-electron chi connectivity index (χ3n) is 6.27. The summed E-state index contributed by atoms with van der Waals surface area (Å²) >= 11 is 0. The van der Waals surface area contributed by atoms with E-state index in [2.05, 4.69) is 17.4 Å². The number of nitrogens with one attached hydrogen (secondary N) is 1. The number of carbonyl (C=O) groups excluding carboxylic acids is 1. The number of hydrogen-bond donors (Lipinski definition) is 1. The van der Waals surface area contributed by atoms with Crippen LogP contribution in [0.15, 0.2) is 59.7 Å². The highest BCUT2D eigenvalue weighted by molar-refractivity contribution is 5.73. The van der Waals surface area contributed by atoms with Gasteiger partial charge in [-0.3, -0.25) is 19.7 Å². The van der Waals surface area contributed by atoms with Crippen LogP contribution in [0.4, 0.5) is 11.4 Å². The van der Waals surface area contributed by atoms with Crippen molar-refractivity contribution < 1.29 is 14.6 Å². The summed E-state index contributed by atoms with van der Waals surface area (Å²) in [4.78, 5) is 28.6. The Morgan fingerprint density at radius 3 is 2.76 bits per heavy atom. The molecule has 0 radical (unpaired) electrons. The summed E-state index contributed by atoms with van der Waals surface area (Å²) < 4.78 is 0. The molecule has 0 saturated heterocycles.